The molecule has 1 aliphatic rings. The number of aromatic nitrogens is 4. The largest absolute Gasteiger partial charge is 0.362 e. The van der Waals surface area contributed by atoms with Crippen LogP contribution in [0.4, 0.5) is 5.69 Å². The van der Waals surface area contributed by atoms with Crippen LogP contribution in [0.3, 0.4) is 0 Å². The van der Waals surface area contributed by atoms with Crippen molar-refractivity contribution < 1.29 is 4.79 Å². The first-order valence-electron chi connectivity index (χ1n) is 9.83. The second kappa shape index (κ2) is 9.18. The minimum absolute atomic E-state index is 0.00882. The predicted octanol–water partition coefficient (Wildman–Crippen LogP) is 2.24. The third kappa shape index (κ3) is 4.89. The number of amides is 1. The van der Waals surface area contributed by atoms with Gasteiger partial charge in [0.05, 0.1) is 17.6 Å². The number of rotatable bonds is 6. The van der Waals surface area contributed by atoms with Gasteiger partial charge in [0, 0.05) is 38.9 Å². The van der Waals surface area contributed by atoms with Gasteiger partial charge in [0.25, 0.3) is 5.91 Å². The molecule has 9 heteroatoms. The summed E-state index contributed by atoms with van der Waals surface area (Å²) < 4.78 is 3.62. The molecule has 2 aromatic heterocycles. The van der Waals surface area contributed by atoms with Crippen LogP contribution in [0.2, 0.25) is 0 Å². The van der Waals surface area contributed by atoms with E-state index in [1.54, 1.807) is 17.9 Å². The SMILES string of the molecule is Cc1cc(C)n(CCCNC(=S)Nc2cnn(C)c2C(=O)N2CCCCC2)n1. The van der Waals surface area contributed by atoms with Crippen LogP contribution in [-0.4, -0.2) is 55.1 Å². The van der Waals surface area contributed by atoms with E-state index >= 15 is 0 Å². The number of nitrogens with zero attached hydrogens (tertiary/aromatic N) is 5. The van der Waals surface area contributed by atoms with Crippen molar-refractivity contribution in [2.75, 3.05) is 25.0 Å². The number of aryl methyl sites for hydroxylation is 4. The van der Waals surface area contributed by atoms with Crippen LogP contribution >= 0.6 is 12.2 Å². The summed E-state index contributed by atoms with van der Waals surface area (Å²) in [5.74, 6) is 0.00882. The molecule has 0 saturated carbocycles. The van der Waals surface area contributed by atoms with Gasteiger partial charge in [-0.25, -0.2) is 0 Å². The van der Waals surface area contributed by atoms with Gasteiger partial charge in [-0.15, -0.1) is 0 Å². The molecule has 2 aromatic rings. The second-order valence-corrected chi connectivity index (χ2v) is 7.68. The number of carbonyl (C=O) groups is 1. The number of likely N-dealkylation sites (tertiary alicyclic amines) is 1. The lowest BCUT2D eigenvalue weighted by molar-refractivity contribution is 0.0714. The van der Waals surface area contributed by atoms with E-state index < -0.39 is 0 Å². The van der Waals surface area contributed by atoms with Crippen LogP contribution in [0, 0.1) is 13.8 Å². The molecule has 1 fully saturated rings. The molecule has 152 valence electrons. The third-order valence-electron chi connectivity index (χ3n) is 4.97. The molecule has 1 aliphatic heterocycles. The highest BCUT2D eigenvalue weighted by atomic mass is 32.1. The number of nitrogens with one attached hydrogen (secondary N) is 2. The van der Waals surface area contributed by atoms with Gasteiger partial charge in [0.1, 0.15) is 5.69 Å². The fourth-order valence-corrected chi connectivity index (χ4v) is 3.74. The molecule has 1 amide bonds. The van der Waals surface area contributed by atoms with E-state index in [4.69, 9.17) is 12.2 Å². The summed E-state index contributed by atoms with van der Waals surface area (Å²) in [5, 5.41) is 15.5. The van der Waals surface area contributed by atoms with Gasteiger partial charge in [0.2, 0.25) is 0 Å². The summed E-state index contributed by atoms with van der Waals surface area (Å²) in [6.45, 7) is 7.22. The number of carbonyl (C=O) groups excluding carboxylic acids is 1. The zero-order chi connectivity index (χ0) is 20.1. The van der Waals surface area contributed by atoms with Gasteiger partial charge >= 0.3 is 0 Å². The predicted molar refractivity (Wildman–Crippen MR) is 114 cm³/mol. The summed E-state index contributed by atoms with van der Waals surface area (Å²) in [7, 11) is 1.78. The minimum atomic E-state index is 0.00882. The number of piperidine rings is 1. The Bertz CT molecular complexity index is 835. The number of hydrogen-bond donors (Lipinski definition) is 2. The van der Waals surface area contributed by atoms with Crippen molar-refractivity contribution in [3.63, 3.8) is 0 Å². The number of hydrogen-bond acceptors (Lipinski definition) is 4. The van der Waals surface area contributed by atoms with Gasteiger partial charge in [-0.2, -0.15) is 10.2 Å². The molecule has 28 heavy (non-hydrogen) atoms. The normalized spacial score (nSPS) is 14.2. The van der Waals surface area contributed by atoms with E-state index in [0.717, 1.165) is 56.8 Å². The average molecular weight is 404 g/mol. The number of thiocarbonyl (C=S) groups is 1. The minimum Gasteiger partial charge on any atom is -0.362 e. The van der Waals surface area contributed by atoms with E-state index in [2.05, 4.69) is 33.8 Å². The first kappa shape index (κ1) is 20.3. The molecule has 2 N–H and O–H groups in total. The lowest BCUT2D eigenvalue weighted by Crippen LogP contribution is -2.37. The van der Waals surface area contributed by atoms with E-state index in [0.29, 0.717) is 16.5 Å². The Balaban J connectivity index is 1.51. The fraction of sp³-hybridized carbons (Fsp3) is 0.579. The molecule has 0 aliphatic carbocycles. The Hall–Kier alpha value is -2.42. The number of anilines is 1. The molecular formula is C19H29N7OS. The van der Waals surface area contributed by atoms with Crippen molar-refractivity contribution in [2.45, 2.75) is 46.1 Å². The molecule has 0 aromatic carbocycles. The van der Waals surface area contributed by atoms with Gasteiger partial charge in [-0.05, 0) is 57.8 Å². The van der Waals surface area contributed by atoms with Gasteiger partial charge in [0.15, 0.2) is 5.11 Å². The van der Waals surface area contributed by atoms with Crippen molar-refractivity contribution in [1.29, 1.82) is 0 Å². The smallest absolute Gasteiger partial charge is 0.274 e. The summed E-state index contributed by atoms with van der Waals surface area (Å²) >= 11 is 5.40. The van der Waals surface area contributed by atoms with Crippen LogP contribution in [-0.2, 0) is 13.6 Å². The highest BCUT2D eigenvalue weighted by Crippen LogP contribution is 2.19. The quantitative estimate of drug-likeness (QED) is 0.569. The Morgan fingerprint density at radius 1 is 1.25 bits per heavy atom. The maximum absolute atomic E-state index is 12.9. The molecule has 3 rings (SSSR count). The van der Waals surface area contributed by atoms with E-state index in [1.807, 2.05) is 16.5 Å². The Labute approximate surface area is 171 Å². The first-order chi connectivity index (χ1) is 13.5. The molecular weight excluding hydrogens is 374 g/mol. The van der Waals surface area contributed by atoms with Crippen LogP contribution in [0.1, 0.15) is 47.6 Å². The van der Waals surface area contributed by atoms with Crippen molar-refractivity contribution in [3.05, 3.63) is 29.3 Å². The topological polar surface area (TPSA) is 80.0 Å². The van der Waals surface area contributed by atoms with Gasteiger partial charge in [-0.3, -0.25) is 14.2 Å². The zero-order valence-electron chi connectivity index (χ0n) is 16.9. The summed E-state index contributed by atoms with van der Waals surface area (Å²) in [4.78, 5) is 14.8. The molecule has 0 atom stereocenters. The van der Waals surface area contributed by atoms with E-state index in [1.165, 1.54) is 6.42 Å². The standard InChI is InChI=1S/C19H29N7OS/c1-14-12-15(2)26(23-14)11-7-8-20-19(28)22-16-13-21-24(3)17(16)18(27)25-9-5-4-6-10-25/h12-13H,4-11H2,1-3H3,(H2,20,22,28). The average Bonchev–Trinajstić information content (AvgIpc) is 3.20. The van der Waals surface area contributed by atoms with Crippen LogP contribution < -0.4 is 10.6 Å². The summed E-state index contributed by atoms with van der Waals surface area (Å²) in [5.41, 5.74) is 3.39. The van der Waals surface area contributed by atoms with E-state index in [9.17, 15) is 4.79 Å². The third-order valence-corrected chi connectivity index (χ3v) is 5.21. The second-order valence-electron chi connectivity index (χ2n) is 7.27. The highest BCUT2D eigenvalue weighted by Gasteiger charge is 2.24. The van der Waals surface area contributed by atoms with Crippen molar-refractivity contribution >= 4 is 28.9 Å². The molecule has 3 heterocycles. The molecule has 0 bridgehead atoms. The van der Waals surface area contributed by atoms with Crippen molar-refractivity contribution in [1.82, 2.24) is 29.8 Å². The maximum atomic E-state index is 12.9. The fourth-order valence-electron chi connectivity index (χ4n) is 3.53. The van der Waals surface area contributed by atoms with Gasteiger partial charge in [-0.1, -0.05) is 0 Å². The van der Waals surface area contributed by atoms with Crippen LogP contribution in [0.25, 0.3) is 0 Å². The monoisotopic (exact) mass is 403 g/mol. The highest BCUT2D eigenvalue weighted by molar-refractivity contribution is 7.80. The van der Waals surface area contributed by atoms with Crippen molar-refractivity contribution in [2.24, 2.45) is 7.05 Å². The van der Waals surface area contributed by atoms with Crippen LogP contribution in [0.15, 0.2) is 12.3 Å². The Morgan fingerprint density at radius 2 is 2.00 bits per heavy atom. The molecule has 0 radical (unpaired) electrons. The Morgan fingerprint density at radius 3 is 2.68 bits per heavy atom. The van der Waals surface area contributed by atoms with Crippen LogP contribution in [0.5, 0.6) is 0 Å². The molecule has 0 unspecified atom stereocenters. The zero-order valence-corrected chi connectivity index (χ0v) is 17.7. The lowest BCUT2D eigenvalue weighted by atomic mass is 10.1. The Kier molecular flexibility index (Phi) is 6.66. The van der Waals surface area contributed by atoms with Gasteiger partial charge < -0.3 is 15.5 Å². The summed E-state index contributed by atoms with van der Waals surface area (Å²) in [6.07, 6.45) is 5.85. The molecule has 8 nitrogen and oxygen atoms in total. The molecule has 1 saturated heterocycles. The molecule has 0 spiro atoms. The van der Waals surface area contributed by atoms with E-state index in [-0.39, 0.29) is 5.91 Å². The van der Waals surface area contributed by atoms with Crippen molar-refractivity contribution in [3.8, 4) is 0 Å². The summed E-state index contributed by atoms with van der Waals surface area (Å²) in [6, 6.07) is 2.07. The maximum Gasteiger partial charge on any atom is 0.274 e. The lowest BCUT2D eigenvalue weighted by Gasteiger charge is -2.27. The first-order valence-corrected chi connectivity index (χ1v) is 10.2.